The molecule has 0 amide bonds. The number of rotatable bonds is 3. The average Bonchev–Trinajstić information content (AvgIpc) is 2.99. The van der Waals surface area contributed by atoms with E-state index in [1.807, 2.05) is 30.3 Å². The van der Waals surface area contributed by atoms with Crippen LogP contribution in [0.1, 0.15) is 24.4 Å². The van der Waals surface area contributed by atoms with Crippen LogP contribution < -0.4 is 0 Å². The normalized spacial score (nSPS) is 19.8. The number of halogens is 1. The maximum absolute atomic E-state index is 12.8. The summed E-state index contributed by atoms with van der Waals surface area (Å²) in [5.41, 5.74) is 1.07. The molecule has 1 aliphatic rings. The van der Waals surface area contributed by atoms with E-state index in [4.69, 9.17) is 0 Å². The van der Waals surface area contributed by atoms with Crippen molar-refractivity contribution in [3.63, 3.8) is 0 Å². The molecule has 2 aromatic carbocycles. The number of sulfonamides is 1. The zero-order chi connectivity index (χ0) is 14.9. The average molecular weight is 366 g/mol. The summed E-state index contributed by atoms with van der Waals surface area (Å²) >= 11 is 3.34. The van der Waals surface area contributed by atoms with E-state index in [2.05, 4.69) is 15.9 Å². The first kappa shape index (κ1) is 14.8. The summed E-state index contributed by atoms with van der Waals surface area (Å²) in [7, 11) is -3.44. The quantitative estimate of drug-likeness (QED) is 0.824. The van der Waals surface area contributed by atoms with Gasteiger partial charge < -0.3 is 0 Å². The molecule has 0 spiro atoms. The molecule has 0 aromatic heterocycles. The number of nitrogens with zero attached hydrogens (tertiary/aromatic N) is 1. The van der Waals surface area contributed by atoms with E-state index >= 15 is 0 Å². The van der Waals surface area contributed by atoms with Crippen LogP contribution in [-0.2, 0) is 10.0 Å². The summed E-state index contributed by atoms with van der Waals surface area (Å²) in [4.78, 5) is 0.355. The molecule has 110 valence electrons. The molecule has 5 heteroatoms. The highest BCUT2D eigenvalue weighted by molar-refractivity contribution is 9.10. The first-order valence-electron chi connectivity index (χ1n) is 6.91. The Morgan fingerprint density at radius 3 is 2.33 bits per heavy atom. The van der Waals surface area contributed by atoms with E-state index < -0.39 is 10.0 Å². The van der Waals surface area contributed by atoms with Gasteiger partial charge in [0.05, 0.1) is 10.9 Å². The third-order valence-electron chi connectivity index (χ3n) is 3.81. The Labute approximate surface area is 133 Å². The van der Waals surface area contributed by atoms with E-state index in [0.717, 1.165) is 22.9 Å². The molecule has 0 N–H and O–H groups in total. The van der Waals surface area contributed by atoms with Crippen LogP contribution in [0.5, 0.6) is 0 Å². The lowest BCUT2D eigenvalue weighted by atomic mass is 10.1. The van der Waals surface area contributed by atoms with Gasteiger partial charge in [-0.05, 0) is 42.7 Å². The molecule has 1 atom stereocenters. The molecule has 1 fully saturated rings. The minimum Gasteiger partial charge on any atom is -0.207 e. The van der Waals surface area contributed by atoms with Crippen LogP contribution in [0.3, 0.4) is 0 Å². The Bertz CT molecular complexity index is 714. The predicted octanol–water partition coefficient (Wildman–Crippen LogP) is 3.97. The molecule has 0 saturated carbocycles. The SMILES string of the molecule is O=S(=O)(c1ccc(Br)cc1)N1CCCC1c1ccccc1. The summed E-state index contributed by atoms with van der Waals surface area (Å²) in [5, 5.41) is 0. The van der Waals surface area contributed by atoms with Crippen LogP contribution in [0, 0.1) is 0 Å². The molecule has 21 heavy (non-hydrogen) atoms. The number of hydrogen-bond donors (Lipinski definition) is 0. The van der Waals surface area contributed by atoms with Gasteiger partial charge in [-0.3, -0.25) is 0 Å². The highest BCUT2D eigenvalue weighted by Crippen LogP contribution is 2.36. The van der Waals surface area contributed by atoms with Crippen LogP contribution in [0.2, 0.25) is 0 Å². The Kier molecular flexibility index (Phi) is 4.15. The van der Waals surface area contributed by atoms with E-state index in [1.165, 1.54) is 0 Å². The van der Waals surface area contributed by atoms with E-state index in [-0.39, 0.29) is 6.04 Å². The molecule has 1 saturated heterocycles. The lowest BCUT2D eigenvalue weighted by molar-refractivity contribution is 0.396. The highest BCUT2D eigenvalue weighted by atomic mass is 79.9. The Hall–Kier alpha value is -1.17. The molecular formula is C16H16BrNO2S. The topological polar surface area (TPSA) is 37.4 Å². The highest BCUT2D eigenvalue weighted by Gasteiger charge is 2.35. The van der Waals surface area contributed by atoms with Crippen molar-refractivity contribution in [2.24, 2.45) is 0 Å². The minimum atomic E-state index is -3.44. The fourth-order valence-corrected chi connectivity index (χ4v) is 4.72. The maximum atomic E-state index is 12.8. The Morgan fingerprint density at radius 1 is 1.00 bits per heavy atom. The molecule has 0 aliphatic carbocycles. The molecule has 3 nitrogen and oxygen atoms in total. The number of hydrogen-bond acceptors (Lipinski definition) is 2. The maximum Gasteiger partial charge on any atom is 0.243 e. The number of benzene rings is 2. The van der Waals surface area contributed by atoms with Crippen LogP contribution in [0.4, 0.5) is 0 Å². The van der Waals surface area contributed by atoms with E-state index in [9.17, 15) is 8.42 Å². The fraction of sp³-hybridized carbons (Fsp3) is 0.250. The van der Waals surface area contributed by atoms with Crippen molar-refractivity contribution in [1.82, 2.24) is 4.31 Å². The molecular weight excluding hydrogens is 350 g/mol. The van der Waals surface area contributed by atoms with Gasteiger partial charge in [-0.15, -0.1) is 0 Å². The zero-order valence-corrected chi connectivity index (χ0v) is 13.8. The van der Waals surface area contributed by atoms with Crippen LogP contribution in [0.25, 0.3) is 0 Å². The summed E-state index contributed by atoms with van der Waals surface area (Å²) < 4.78 is 28.2. The summed E-state index contributed by atoms with van der Waals surface area (Å²) in [6, 6.07) is 16.6. The Balaban J connectivity index is 1.96. The van der Waals surface area contributed by atoms with Gasteiger partial charge in [-0.25, -0.2) is 8.42 Å². The molecule has 0 radical (unpaired) electrons. The van der Waals surface area contributed by atoms with Crippen molar-refractivity contribution in [3.8, 4) is 0 Å². The van der Waals surface area contributed by atoms with Crippen molar-refractivity contribution in [3.05, 3.63) is 64.6 Å². The van der Waals surface area contributed by atoms with Crippen molar-refractivity contribution >= 4 is 26.0 Å². The van der Waals surface area contributed by atoms with Crippen molar-refractivity contribution in [1.29, 1.82) is 0 Å². The van der Waals surface area contributed by atoms with Gasteiger partial charge in [0.15, 0.2) is 0 Å². The van der Waals surface area contributed by atoms with Crippen LogP contribution >= 0.6 is 15.9 Å². The summed E-state index contributed by atoms with van der Waals surface area (Å²) in [6.45, 7) is 0.581. The van der Waals surface area contributed by atoms with Crippen LogP contribution in [0.15, 0.2) is 64.0 Å². The van der Waals surface area contributed by atoms with Crippen LogP contribution in [-0.4, -0.2) is 19.3 Å². The third-order valence-corrected chi connectivity index (χ3v) is 6.26. The second-order valence-electron chi connectivity index (χ2n) is 5.14. The lowest BCUT2D eigenvalue weighted by Gasteiger charge is -2.24. The van der Waals surface area contributed by atoms with E-state index in [1.54, 1.807) is 28.6 Å². The second-order valence-corrected chi connectivity index (χ2v) is 7.94. The van der Waals surface area contributed by atoms with Gasteiger partial charge in [-0.2, -0.15) is 4.31 Å². The fourth-order valence-electron chi connectivity index (χ4n) is 2.78. The molecule has 3 rings (SSSR count). The predicted molar refractivity (Wildman–Crippen MR) is 86.5 cm³/mol. The van der Waals surface area contributed by atoms with Gasteiger partial charge in [0.25, 0.3) is 0 Å². The second kappa shape index (κ2) is 5.91. The first-order valence-corrected chi connectivity index (χ1v) is 9.15. The van der Waals surface area contributed by atoms with Gasteiger partial charge in [0.1, 0.15) is 0 Å². The Morgan fingerprint density at radius 2 is 1.67 bits per heavy atom. The van der Waals surface area contributed by atoms with Crippen molar-refractivity contribution in [2.75, 3.05) is 6.54 Å². The summed E-state index contributed by atoms with van der Waals surface area (Å²) in [5.74, 6) is 0. The lowest BCUT2D eigenvalue weighted by Crippen LogP contribution is -2.30. The molecule has 0 bridgehead atoms. The van der Waals surface area contributed by atoms with Crippen molar-refractivity contribution < 1.29 is 8.42 Å². The van der Waals surface area contributed by atoms with Crippen molar-refractivity contribution in [2.45, 2.75) is 23.8 Å². The minimum absolute atomic E-state index is 0.0557. The van der Waals surface area contributed by atoms with E-state index in [0.29, 0.717) is 11.4 Å². The van der Waals surface area contributed by atoms with Gasteiger partial charge in [0, 0.05) is 11.0 Å². The van der Waals surface area contributed by atoms with Gasteiger partial charge >= 0.3 is 0 Å². The zero-order valence-electron chi connectivity index (χ0n) is 11.4. The summed E-state index contributed by atoms with van der Waals surface area (Å²) in [6.07, 6.45) is 1.77. The van der Waals surface area contributed by atoms with Gasteiger partial charge in [0.2, 0.25) is 10.0 Å². The molecule has 2 aromatic rings. The standard InChI is InChI=1S/C16H16BrNO2S/c17-14-8-10-15(11-9-14)21(19,20)18-12-4-7-16(18)13-5-2-1-3-6-13/h1-3,5-6,8-11,16H,4,7,12H2. The van der Waals surface area contributed by atoms with Gasteiger partial charge in [-0.1, -0.05) is 46.3 Å². The smallest absolute Gasteiger partial charge is 0.207 e. The first-order chi connectivity index (χ1) is 10.1. The third kappa shape index (κ3) is 2.91. The largest absolute Gasteiger partial charge is 0.243 e. The molecule has 1 unspecified atom stereocenters. The monoisotopic (exact) mass is 365 g/mol. The molecule has 1 heterocycles. The molecule has 1 aliphatic heterocycles.